The van der Waals surface area contributed by atoms with E-state index in [1.807, 2.05) is 30.3 Å². The number of anilines is 1. The third kappa shape index (κ3) is 2.85. The Balaban J connectivity index is 2.42. The summed E-state index contributed by atoms with van der Waals surface area (Å²) in [6.45, 7) is 1.48. The predicted octanol–water partition coefficient (Wildman–Crippen LogP) is 3.27. The van der Waals surface area contributed by atoms with Gasteiger partial charge in [0, 0.05) is 5.56 Å². The van der Waals surface area contributed by atoms with Crippen molar-refractivity contribution >= 4 is 11.5 Å². The first-order valence-electron chi connectivity index (χ1n) is 5.83. The molecule has 2 rings (SSSR count). The monoisotopic (exact) mass is 257 g/mol. The van der Waals surface area contributed by atoms with Gasteiger partial charge in [-0.05, 0) is 31.2 Å². The van der Waals surface area contributed by atoms with Crippen LogP contribution in [0.25, 0.3) is 0 Å². The van der Waals surface area contributed by atoms with Gasteiger partial charge in [-0.3, -0.25) is 4.79 Å². The van der Waals surface area contributed by atoms with Crippen LogP contribution < -0.4 is 15.2 Å². The number of hydrogen-bond donors (Lipinski definition) is 1. The van der Waals surface area contributed by atoms with E-state index in [-0.39, 0.29) is 5.78 Å². The summed E-state index contributed by atoms with van der Waals surface area (Å²) in [5.74, 6) is 1.44. The van der Waals surface area contributed by atoms with Gasteiger partial charge in [0.05, 0.1) is 12.8 Å². The topological polar surface area (TPSA) is 61.5 Å². The lowest BCUT2D eigenvalue weighted by Gasteiger charge is -2.13. The van der Waals surface area contributed by atoms with Crippen molar-refractivity contribution in [2.24, 2.45) is 0 Å². The van der Waals surface area contributed by atoms with Crippen LogP contribution in [-0.2, 0) is 0 Å². The van der Waals surface area contributed by atoms with Gasteiger partial charge in [0.2, 0.25) is 0 Å². The van der Waals surface area contributed by atoms with Crippen molar-refractivity contribution < 1.29 is 14.3 Å². The standard InChI is InChI=1S/C15H15NO3/c1-10(17)11-8-13(16)15(14(9-11)18-2)19-12-6-4-3-5-7-12/h3-9H,16H2,1-2H3. The lowest BCUT2D eigenvalue weighted by atomic mass is 10.1. The Bertz CT molecular complexity index is 594. The molecule has 0 aromatic heterocycles. The molecule has 0 heterocycles. The summed E-state index contributed by atoms with van der Waals surface area (Å²) in [7, 11) is 1.51. The molecule has 19 heavy (non-hydrogen) atoms. The van der Waals surface area contributed by atoms with Crippen molar-refractivity contribution in [2.45, 2.75) is 6.92 Å². The second-order valence-corrected chi connectivity index (χ2v) is 4.07. The molecule has 0 spiro atoms. The zero-order valence-electron chi connectivity index (χ0n) is 10.8. The molecular formula is C15H15NO3. The quantitative estimate of drug-likeness (QED) is 0.674. The Kier molecular flexibility index (Phi) is 3.71. The summed E-state index contributed by atoms with van der Waals surface area (Å²) in [4.78, 5) is 11.4. The first-order valence-corrected chi connectivity index (χ1v) is 5.83. The van der Waals surface area contributed by atoms with E-state index in [1.54, 1.807) is 12.1 Å². The third-order valence-electron chi connectivity index (χ3n) is 2.67. The minimum Gasteiger partial charge on any atom is -0.493 e. The van der Waals surface area contributed by atoms with Gasteiger partial charge in [-0.1, -0.05) is 18.2 Å². The van der Waals surface area contributed by atoms with Gasteiger partial charge in [-0.2, -0.15) is 0 Å². The molecule has 2 aromatic rings. The number of carbonyl (C=O) groups is 1. The second-order valence-electron chi connectivity index (χ2n) is 4.07. The molecule has 2 N–H and O–H groups in total. The molecular weight excluding hydrogens is 242 g/mol. The smallest absolute Gasteiger partial charge is 0.192 e. The fourth-order valence-electron chi connectivity index (χ4n) is 1.69. The van der Waals surface area contributed by atoms with Gasteiger partial charge < -0.3 is 15.2 Å². The molecule has 2 aromatic carbocycles. The van der Waals surface area contributed by atoms with Crippen LogP contribution in [0.1, 0.15) is 17.3 Å². The molecule has 4 nitrogen and oxygen atoms in total. The number of methoxy groups -OCH3 is 1. The predicted molar refractivity (Wildman–Crippen MR) is 73.9 cm³/mol. The van der Waals surface area contributed by atoms with E-state index < -0.39 is 0 Å². The van der Waals surface area contributed by atoms with Crippen LogP contribution in [0.2, 0.25) is 0 Å². The fourth-order valence-corrected chi connectivity index (χ4v) is 1.69. The van der Waals surface area contributed by atoms with Gasteiger partial charge in [0.25, 0.3) is 0 Å². The van der Waals surface area contributed by atoms with E-state index in [9.17, 15) is 4.79 Å². The average Bonchev–Trinajstić information content (AvgIpc) is 2.41. The molecule has 4 heteroatoms. The molecule has 0 aliphatic rings. The van der Waals surface area contributed by atoms with Crippen LogP contribution in [0.3, 0.4) is 0 Å². The maximum Gasteiger partial charge on any atom is 0.192 e. The van der Waals surface area contributed by atoms with Crippen LogP contribution in [0.15, 0.2) is 42.5 Å². The number of benzene rings is 2. The van der Waals surface area contributed by atoms with Crippen LogP contribution >= 0.6 is 0 Å². The maximum atomic E-state index is 11.4. The molecule has 98 valence electrons. The fraction of sp³-hybridized carbons (Fsp3) is 0.133. The van der Waals surface area contributed by atoms with Crippen molar-refractivity contribution in [1.82, 2.24) is 0 Å². The summed E-state index contributed by atoms with van der Waals surface area (Å²) in [6.07, 6.45) is 0. The Morgan fingerprint density at radius 1 is 1.16 bits per heavy atom. The van der Waals surface area contributed by atoms with Crippen molar-refractivity contribution in [3.8, 4) is 17.2 Å². The maximum absolute atomic E-state index is 11.4. The molecule has 0 saturated heterocycles. The van der Waals surface area contributed by atoms with Crippen LogP contribution in [-0.4, -0.2) is 12.9 Å². The number of Topliss-reactive ketones (excluding diaryl/α,β-unsaturated/α-hetero) is 1. The van der Waals surface area contributed by atoms with E-state index >= 15 is 0 Å². The number of rotatable bonds is 4. The highest BCUT2D eigenvalue weighted by atomic mass is 16.5. The van der Waals surface area contributed by atoms with Gasteiger partial charge in [-0.15, -0.1) is 0 Å². The largest absolute Gasteiger partial charge is 0.493 e. The SMILES string of the molecule is COc1cc(C(C)=O)cc(N)c1Oc1ccccc1. The van der Waals surface area contributed by atoms with Gasteiger partial charge >= 0.3 is 0 Å². The number of para-hydroxylation sites is 1. The normalized spacial score (nSPS) is 10.0. The molecule has 0 bridgehead atoms. The number of nitrogens with two attached hydrogens (primary N) is 1. The van der Waals surface area contributed by atoms with E-state index in [0.717, 1.165) is 0 Å². The molecule has 0 unspecified atom stereocenters. The number of nitrogen functional groups attached to an aromatic ring is 1. The second kappa shape index (κ2) is 5.44. The number of ketones is 1. The number of hydrogen-bond acceptors (Lipinski definition) is 4. The molecule has 0 atom stereocenters. The van der Waals surface area contributed by atoms with E-state index in [4.69, 9.17) is 15.2 Å². The summed E-state index contributed by atoms with van der Waals surface area (Å²) in [5, 5.41) is 0. The first-order chi connectivity index (χ1) is 9.11. The van der Waals surface area contributed by atoms with Gasteiger partial charge in [0.15, 0.2) is 17.3 Å². The Morgan fingerprint density at radius 3 is 2.42 bits per heavy atom. The highest BCUT2D eigenvalue weighted by Crippen LogP contribution is 2.38. The number of ether oxygens (including phenoxy) is 2. The highest BCUT2D eigenvalue weighted by Gasteiger charge is 2.14. The van der Waals surface area contributed by atoms with Crippen molar-refractivity contribution in [1.29, 1.82) is 0 Å². The summed E-state index contributed by atoms with van der Waals surface area (Å²) < 4.78 is 10.9. The minimum atomic E-state index is -0.0729. The highest BCUT2D eigenvalue weighted by molar-refractivity contribution is 5.96. The van der Waals surface area contributed by atoms with Gasteiger partial charge in [-0.25, -0.2) is 0 Å². The van der Waals surface area contributed by atoms with E-state index in [1.165, 1.54) is 14.0 Å². The Hall–Kier alpha value is -2.49. The lowest BCUT2D eigenvalue weighted by molar-refractivity contribution is 0.101. The van der Waals surface area contributed by atoms with Crippen LogP contribution in [0, 0.1) is 0 Å². The van der Waals surface area contributed by atoms with Crippen LogP contribution in [0.5, 0.6) is 17.2 Å². The molecule has 0 amide bonds. The van der Waals surface area contributed by atoms with Gasteiger partial charge in [0.1, 0.15) is 5.75 Å². The van der Waals surface area contributed by atoms with Crippen LogP contribution in [0.4, 0.5) is 5.69 Å². The zero-order chi connectivity index (χ0) is 13.8. The molecule has 0 fully saturated rings. The summed E-state index contributed by atoms with van der Waals surface area (Å²) >= 11 is 0. The molecule has 0 aliphatic heterocycles. The summed E-state index contributed by atoms with van der Waals surface area (Å²) in [5.41, 5.74) is 6.79. The minimum absolute atomic E-state index is 0.0729. The van der Waals surface area contributed by atoms with E-state index in [2.05, 4.69) is 0 Å². The average molecular weight is 257 g/mol. The molecule has 0 saturated carbocycles. The zero-order valence-corrected chi connectivity index (χ0v) is 10.8. The lowest BCUT2D eigenvalue weighted by Crippen LogP contribution is -2.00. The summed E-state index contributed by atoms with van der Waals surface area (Å²) in [6, 6.07) is 12.5. The molecule has 0 radical (unpaired) electrons. The van der Waals surface area contributed by atoms with Crippen molar-refractivity contribution in [2.75, 3.05) is 12.8 Å². The Morgan fingerprint density at radius 2 is 1.84 bits per heavy atom. The van der Waals surface area contributed by atoms with Crippen molar-refractivity contribution in [3.63, 3.8) is 0 Å². The van der Waals surface area contributed by atoms with E-state index in [0.29, 0.717) is 28.5 Å². The van der Waals surface area contributed by atoms with Crippen molar-refractivity contribution in [3.05, 3.63) is 48.0 Å². The molecule has 0 aliphatic carbocycles. The first kappa shape index (κ1) is 13.0. The third-order valence-corrected chi connectivity index (χ3v) is 2.67. The number of carbonyl (C=O) groups excluding carboxylic acids is 1. The Labute approximate surface area is 111 Å².